The Labute approximate surface area is 555 Å². The molecule has 2 saturated heterocycles. The van der Waals surface area contributed by atoms with Crippen LogP contribution in [0.5, 0.6) is 5.75 Å². The number of hydrogen-bond donors (Lipinski definition) is 0. The normalized spacial score (nSPS) is 18.8. The second-order valence-corrected chi connectivity index (χ2v) is 54.8. The fourth-order valence-corrected chi connectivity index (χ4v) is 4.78. The van der Waals surface area contributed by atoms with E-state index in [2.05, 4.69) is 235 Å². The van der Waals surface area contributed by atoms with Crippen LogP contribution in [-0.2, 0) is 37.9 Å². The standard InChI is InChI=1S/C10H15NO.2C8H11NO.C6H7NO.C2H6.2C2H3.2CH2I2.CH2I.2BrH.3HI.2Mg.2V/c1-4-8-6-10(12)7-9(5-2)11(8)3;1-9-6-2-3-7(9)5-8(10)4-6;1-3-7-6-8(10)4-5-9(7)2;1-8-6-2-4-7-5-3-6;3*1-2;2*2-1-3;1-2;;;;;;;;;/h4-5,8-9H,1-2,6-7H2,3H3;2-3,6-7H,4-5H2,1H3;3-5,7H,1,6H2,2H3;2-5H,1H3;1-2H3;2*1H,2H2;2*1H2;1H2;5*1H;;;;/q;;;;;2*-1;;;-1;;;;;;2*+2;;+3/p-5/t8-,9+;6-,7+;;;;;;;;;;;;;;;;;. The van der Waals surface area contributed by atoms with Crippen LogP contribution >= 0.6 is 173 Å². The number of piperidine rings is 2. The molecule has 2 bridgehead atoms. The molecule has 1 unspecified atom stereocenters. The van der Waals surface area contributed by atoms with Gasteiger partial charge in [0.05, 0.1) is 18.0 Å². The van der Waals surface area contributed by atoms with Crippen LogP contribution in [0.2, 0.25) is 0 Å². The average molecular weight is 2000 g/mol. The van der Waals surface area contributed by atoms with Crippen LogP contribution < -0.4 is 38.7 Å². The minimum Gasteiger partial charge on any atom is 0 e. The van der Waals surface area contributed by atoms with Crippen molar-refractivity contribution < 1.29 is 76.6 Å². The Morgan fingerprint density at radius 1 is 0.730 bits per heavy atom. The minimum atomic E-state index is -0.278. The molecule has 0 saturated carbocycles. The number of Topliss-reactive ketones (excluding diaryl/α,β-unsaturated/α-hetero) is 2. The van der Waals surface area contributed by atoms with Crippen molar-refractivity contribution in [3.05, 3.63) is 118 Å². The molecule has 0 amide bonds. The van der Waals surface area contributed by atoms with Gasteiger partial charge < -0.3 is 79.3 Å². The maximum atomic E-state index is 11.2. The number of ether oxygens (including phenoxy) is 1. The Morgan fingerprint density at radius 2 is 1.05 bits per heavy atom. The first-order chi connectivity index (χ1) is 27.7. The molecule has 0 spiro atoms. The van der Waals surface area contributed by atoms with Crippen LogP contribution in [0.1, 0.15) is 46.0 Å². The van der Waals surface area contributed by atoms with E-state index >= 15 is 0 Å². The van der Waals surface area contributed by atoms with Gasteiger partial charge in [-0.3, -0.25) is 47.3 Å². The summed E-state index contributed by atoms with van der Waals surface area (Å²) in [7, 11) is 7.66. The second kappa shape index (κ2) is 71.6. The number of allylic oxidation sites excluding steroid dienone is 1. The van der Waals surface area contributed by atoms with Gasteiger partial charge in [0.15, 0.2) is 5.78 Å². The molecule has 355 valence electrons. The smallest absolute Gasteiger partial charge is 0 e. The summed E-state index contributed by atoms with van der Waals surface area (Å²) >= 11 is 18.4. The predicted molar refractivity (Wildman–Crippen MR) is 330 cm³/mol. The van der Waals surface area contributed by atoms with Gasteiger partial charge in [0.25, 0.3) is 0 Å². The first-order valence-electron chi connectivity index (χ1n) is 17.2. The Balaban J connectivity index is -0.0000000555. The Kier molecular flexibility index (Phi) is 107. The molecule has 5 rings (SSSR count). The Hall–Kier alpha value is 5.36. The van der Waals surface area contributed by atoms with Gasteiger partial charge in [-0.1, -0.05) is 135 Å². The molecular weight excluding hydrogens is 1940 g/mol. The molecule has 2 fully saturated rings. The third kappa shape index (κ3) is 56.5. The number of carbonyl (C=O) groups is 3. The number of likely N-dealkylation sites (N-methyl/N-ethyl adjacent to an activating group) is 3. The number of carbonyl (C=O) groups excluding carboxylic acids is 3. The van der Waals surface area contributed by atoms with E-state index in [0.29, 0.717) is 42.9 Å². The molecule has 1 radical (unpaired) electrons. The monoisotopic (exact) mass is 2000 g/mol. The van der Waals surface area contributed by atoms with Crippen molar-refractivity contribution in [1.29, 1.82) is 0 Å². The molecule has 0 N–H and O–H groups in total. The predicted octanol–water partition coefficient (Wildman–Crippen LogP) is 7.00. The first kappa shape index (κ1) is 94.3. The SMILES string of the molecule is C=CC1CC(=O)C=CN1C.C=C[C@@H]1CC(=O)C[C@H](C=C)N1C.CC.CN1[C@@H]2C=C[C@H]1CC(=O)C2.COc1ccncc1.ICI.ICI.[Br-].[Br-].[CH-]=C.[CH-]=C.[CH2-]I.[I][V]([I])[I].[Mg+2].[Mg+2].[V]. The molecular formula is C41H62Br2I8Mg2N4O4V2-. The van der Waals surface area contributed by atoms with Crippen LogP contribution in [0.3, 0.4) is 0 Å². The van der Waals surface area contributed by atoms with E-state index in [1.165, 1.54) is 4.87 Å². The number of likely N-dealkylation sites (tertiary alicyclic amines) is 1. The summed E-state index contributed by atoms with van der Waals surface area (Å²) in [6.07, 6.45) is 19.7. The maximum Gasteiger partial charge on any atom is 2.00 e. The number of rotatable bonds is 4. The summed E-state index contributed by atoms with van der Waals surface area (Å²) < 4.78 is 7.25. The van der Waals surface area contributed by atoms with Gasteiger partial charge in [0.1, 0.15) is 17.3 Å². The summed E-state index contributed by atoms with van der Waals surface area (Å²) in [5.74, 6) is 1.75. The molecule has 4 aliphatic heterocycles. The second-order valence-electron chi connectivity index (χ2n) is 10.6. The van der Waals surface area contributed by atoms with Crippen molar-refractivity contribution in [2.75, 3.05) is 33.1 Å². The quantitative estimate of drug-likeness (QED) is 0.105. The van der Waals surface area contributed by atoms with Crippen molar-refractivity contribution >= 4 is 236 Å². The Bertz CT molecular complexity index is 1220. The zero-order valence-corrected chi connectivity index (χ0v) is 63.1. The van der Waals surface area contributed by atoms with Crippen LogP contribution in [0.4, 0.5) is 0 Å². The molecule has 63 heavy (non-hydrogen) atoms. The van der Waals surface area contributed by atoms with Crippen LogP contribution in [0.15, 0.2) is 100 Å². The Morgan fingerprint density at radius 3 is 1.32 bits per heavy atom. The summed E-state index contributed by atoms with van der Waals surface area (Å²) in [5.41, 5.74) is 0. The van der Waals surface area contributed by atoms with Crippen LogP contribution in [-0.4, -0.2) is 146 Å². The first-order valence-corrected chi connectivity index (χ1v) is 38.3. The number of methoxy groups -OCH3 is 1. The summed E-state index contributed by atoms with van der Waals surface area (Å²) in [4.78, 5) is 46.2. The number of aromatic nitrogens is 1. The van der Waals surface area contributed by atoms with Crippen LogP contribution in [0, 0.1) is 18.1 Å². The number of pyridine rings is 1. The van der Waals surface area contributed by atoms with Gasteiger partial charge in [0, 0.05) is 100 Å². The number of halogens is 10. The van der Waals surface area contributed by atoms with E-state index in [1.807, 2.05) is 67.6 Å². The fraction of sp³-hybridized carbons (Fsp3) is 0.439. The zero-order valence-electron chi connectivity index (χ0n) is 37.1. The third-order valence-electron chi connectivity index (χ3n) is 7.53. The van der Waals surface area contributed by atoms with Gasteiger partial charge in [0.2, 0.25) is 0 Å². The van der Waals surface area contributed by atoms with Crippen molar-refractivity contribution in [1.82, 2.24) is 19.7 Å². The summed E-state index contributed by atoms with van der Waals surface area (Å²) in [5, 5.41) is 0. The molecule has 8 nitrogen and oxygen atoms in total. The number of alkyl halides is 4. The molecule has 0 aliphatic carbocycles. The zero-order chi connectivity index (χ0) is 46.6. The van der Waals surface area contributed by atoms with Gasteiger partial charge >= 0.3 is 111 Å². The van der Waals surface area contributed by atoms with Gasteiger partial charge in [-0.2, -0.15) is 0 Å². The maximum absolute atomic E-state index is 11.2. The number of nitrogens with zero attached hydrogens (tertiary/aromatic N) is 4. The summed E-state index contributed by atoms with van der Waals surface area (Å²) in [6.45, 7) is 29.1. The largest absolute Gasteiger partial charge is 2.00 e. The van der Waals surface area contributed by atoms with E-state index in [4.69, 9.17) is 4.74 Å². The van der Waals surface area contributed by atoms with Crippen molar-refractivity contribution in [3.8, 4) is 5.75 Å². The summed E-state index contributed by atoms with van der Waals surface area (Å²) in [6, 6.07) is 5.00. The number of ketones is 3. The molecule has 1 aromatic rings. The molecule has 1 aromatic heterocycles. The van der Waals surface area contributed by atoms with E-state index in [0.717, 1.165) is 18.6 Å². The molecule has 22 heteroatoms. The van der Waals surface area contributed by atoms with E-state index in [9.17, 15) is 14.4 Å². The molecule has 5 heterocycles. The van der Waals surface area contributed by atoms with Gasteiger partial charge in [-0.25, -0.2) is 0 Å². The van der Waals surface area contributed by atoms with Crippen molar-refractivity contribution in [2.24, 2.45) is 0 Å². The van der Waals surface area contributed by atoms with Gasteiger partial charge in [-0.05, 0) is 32.3 Å². The fourth-order valence-electron chi connectivity index (χ4n) is 4.78. The topological polar surface area (TPSA) is 83.1 Å². The van der Waals surface area contributed by atoms with Crippen molar-refractivity contribution in [2.45, 2.75) is 76.2 Å². The van der Waals surface area contributed by atoms with E-state index < -0.39 is 0 Å². The molecule has 4 aliphatic rings. The minimum absolute atomic E-state index is 0. The van der Waals surface area contributed by atoms with E-state index in [-0.39, 0.29) is 127 Å². The molecule has 0 aromatic carbocycles. The molecule has 5 atom stereocenters. The number of fused-ring (bicyclic) bond motifs is 2. The van der Waals surface area contributed by atoms with E-state index in [1.54, 1.807) is 50.0 Å². The number of hydrogen-bond acceptors (Lipinski definition) is 8. The third-order valence-corrected chi connectivity index (χ3v) is 7.53. The average Bonchev–Trinajstić information content (AvgIpc) is 3.43. The van der Waals surface area contributed by atoms with Gasteiger partial charge in [-0.15, -0.1) is 19.7 Å². The van der Waals surface area contributed by atoms with Crippen molar-refractivity contribution in [3.63, 3.8) is 0 Å². The van der Waals surface area contributed by atoms with Crippen LogP contribution in [0.25, 0.3) is 0 Å².